The molecule has 0 saturated carbocycles. The predicted octanol–water partition coefficient (Wildman–Crippen LogP) is 3.97. The van der Waals surface area contributed by atoms with Gasteiger partial charge in [0.25, 0.3) is 5.91 Å². The number of hydrogen-bond acceptors (Lipinski definition) is 5. The van der Waals surface area contributed by atoms with E-state index in [2.05, 4.69) is 34.3 Å². The Morgan fingerprint density at radius 3 is 2.78 bits per heavy atom. The van der Waals surface area contributed by atoms with Gasteiger partial charge in [0.15, 0.2) is 0 Å². The van der Waals surface area contributed by atoms with Gasteiger partial charge in [-0.05, 0) is 61.8 Å². The van der Waals surface area contributed by atoms with Crippen molar-refractivity contribution in [1.82, 2.24) is 34.6 Å². The minimum Gasteiger partial charge on any atom is -0.365 e. The van der Waals surface area contributed by atoms with Crippen molar-refractivity contribution < 1.29 is 9.18 Å². The Morgan fingerprint density at radius 1 is 1.38 bits per heavy atom. The molecule has 0 aromatic carbocycles. The Kier molecular flexibility index (Phi) is 7.63. The number of fused-ring (bicyclic) bond motifs is 1. The molecule has 1 aliphatic heterocycles. The Bertz CT molecular complexity index is 1160. The van der Waals surface area contributed by atoms with Gasteiger partial charge in [0, 0.05) is 38.5 Å². The van der Waals surface area contributed by atoms with Crippen LogP contribution in [-0.4, -0.2) is 48.3 Å². The highest BCUT2D eigenvalue weighted by Gasteiger charge is 2.25. The molecule has 1 aliphatic rings. The number of nitrogens with zero attached hydrogens (tertiary/aromatic N) is 6. The van der Waals surface area contributed by atoms with Crippen molar-refractivity contribution in [2.45, 2.75) is 33.6 Å². The molecule has 4 heterocycles. The SMILES string of the molecule is CCC(C)=CNC1=C(C)CN(C(=O)c2nc(Cl)nn2C)CC1.Fc1cccn2nccc12. The smallest absolute Gasteiger partial charge is 0.291 e. The van der Waals surface area contributed by atoms with Gasteiger partial charge in [-0.3, -0.25) is 4.79 Å². The topological polar surface area (TPSA) is 80.4 Å². The Balaban J connectivity index is 0.000000238. The summed E-state index contributed by atoms with van der Waals surface area (Å²) in [5.41, 5.74) is 4.16. The number of hydrogen-bond donors (Lipinski definition) is 1. The number of halogens is 2. The van der Waals surface area contributed by atoms with E-state index in [0.29, 0.717) is 18.6 Å². The van der Waals surface area contributed by atoms with E-state index in [1.165, 1.54) is 26.5 Å². The van der Waals surface area contributed by atoms with Gasteiger partial charge in [-0.15, -0.1) is 5.10 Å². The van der Waals surface area contributed by atoms with Crippen molar-refractivity contribution in [3.05, 3.63) is 70.6 Å². The maximum absolute atomic E-state index is 12.8. The van der Waals surface area contributed by atoms with Crippen LogP contribution in [0.4, 0.5) is 4.39 Å². The third-order valence-corrected chi connectivity index (χ3v) is 5.39. The summed E-state index contributed by atoms with van der Waals surface area (Å²) >= 11 is 5.75. The number of carbonyl (C=O) groups excluding carboxylic acids is 1. The molecule has 0 unspecified atom stereocenters. The summed E-state index contributed by atoms with van der Waals surface area (Å²) in [6, 6.07) is 4.67. The molecule has 0 atom stereocenters. The van der Waals surface area contributed by atoms with Gasteiger partial charge in [0.2, 0.25) is 11.1 Å². The summed E-state index contributed by atoms with van der Waals surface area (Å²) in [6.45, 7) is 7.51. The van der Waals surface area contributed by atoms with Crippen LogP contribution in [0, 0.1) is 5.82 Å². The van der Waals surface area contributed by atoms with E-state index in [9.17, 15) is 9.18 Å². The van der Waals surface area contributed by atoms with E-state index in [1.54, 1.807) is 36.5 Å². The van der Waals surface area contributed by atoms with Gasteiger partial charge in [-0.1, -0.05) is 12.5 Å². The molecule has 0 bridgehead atoms. The molecule has 8 nitrogen and oxygen atoms in total. The van der Waals surface area contributed by atoms with Crippen molar-refractivity contribution >= 4 is 23.0 Å². The summed E-state index contributed by atoms with van der Waals surface area (Å²) in [5, 5.41) is 11.2. The second-order valence-electron chi connectivity index (χ2n) is 7.57. The lowest BCUT2D eigenvalue weighted by atomic mass is 10.1. The summed E-state index contributed by atoms with van der Waals surface area (Å²) < 4.78 is 15.7. The van der Waals surface area contributed by atoms with Gasteiger partial charge >= 0.3 is 0 Å². The number of pyridine rings is 1. The van der Waals surface area contributed by atoms with Crippen LogP contribution >= 0.6 is 11.6 Å². The quantitative estimate of drug-likeness (QED) is 0.638. The first-order valence-electron chi connectivity index (χ1n) is 10.3. The Labute approximate surface area is 191 Å². The normalized spacial score (nSPS) is 14.4. The maximum Gasteiger partial charge on any atom is 0.291 e. The fourth-order valence-electron chi connectivity index (χ4n) is 3.20. The van der Waals surface area contributed by atoms with E-state index >= 15 is 0 Å². The van der Waals surface area contributed by atoms with E-state index < -0.39 is 0 Å². The van der Waals surface area contributed by atoms with Crippen LogP contribution in [-0.2, 0) is 7.05 Å². The van der Waals surface area contributed by atoms with E-state index in [4.69, 9.17) is 11.6 Å². The van der Waals surface area contributed by atoms with Crippen LogP contribution in [0.1, 0.15) is 44.2 Å². The first-order valence-corrected chi connectivity index (χ1v) is 10.7. The zero-order chi connectivity index (χ0) is 23.3. The van der Waals surface area contributed by atoms with Gasteiger partial charge < -0.3 is 10.2 Å². The molecule has 0 saturated heterocycles. The van der Waals surface area contributed by atoms with Crippen LogP contribution in [0.25, 0.3) is 5.52 Å². The Hall–Kier alpha value is -3.20. The molecule has 0 spiro atoms. The third-order valence-electron chi connectivity index (χ3n) is 5.23. The monoisotopic (exact) mass is 459 g/mol. The standard InChI is InChI=1S/C15H22ClN5O.C7H5FN2/c1-5-10(2)8-17-12-6-7-21(9-11(12)3)14(22)13-18-15(16)19-20(13)4;8-6-2-1-5-10-7(6)3-4-9-10/h8,17H,5-7,9H2,1-4H3;1-5H. The molecule has 0 fully saturated rings. The molecule has 0 radical (unpaired) electrons. The van der Waals surface area contributed by atoms with Crippen molar-refractivity contribution in [2.24, 2.45) is 7.05 Å². The molecule has 0 aliphatic carbocycles. The lowest BCUT2D eigenvalue weighted by Gasteiger charge is -2.29. The first kappa shape index (κ1) is 23.5. The maximum atomic E-state index is 12.8. The minimum absolute atomic E-state index is 0.0951. The van der Waals surface area contributed by atoms with Gasteiger partial charge in [-0.25, -0.2) is 13.6 Å². The average Bonchev–Trinajstić information content (AvgIpc) is 3.39. The van der Waals surface area contributed by atoms with Crippen molar-refractivity contribution in [1.29, 1.82) is 0 Å². The van der Waals surface area contributed by atoms with Crippen molar-refractivity contribution in [2.75, 3.05) is 13.1 Å². The van der Waals surface area contributed by atoms with E-state index in [1.807, 2.05) is 13.1 Å². The largest absolute Gasteiger partial charge is 0.365 e. The fourth-order valence-corrected chi connectivity index (χ4v) is 3.39. The van der Waals surface area contributed by atoms with Crippen molar-refractivity contribution in [3.63, 3.8) is 0 Å². The predicted molar refractivity (Wildman–Crippen MR) is 122 cm³/mol. The molecular weight excluding hydrogens is 433 g/mol. The molecule has 3 aromatic heterocycles. The molecule has 10 heteroatoms. The molecule has 32 heavy (non-hydrogen) atoms. The lowest BCUT2D eigenvalue weighted by molar-refractivity contribution is 0.0745. The number of aromatic nitrogens is 5. The number of allylic oxidation sites excluding steroid dienone is 1. The number of aryl methyl sites for hydroxylation is 1. The molecule has 1 amide bonds. The third kappa shape index (κ3) is 5.53. The number of rotatable bonds is 4. The van der Waals surface area contributed by atoms with E-state index in [0.717, 1.165) is 18.4 Å². The highest BCUT2D eigenvalue weighted by Crippen LogP contribution is 2.18. The molecule has 1 N–H and O–H groups in total. The summed E-state index contributed by atoms with van der Waals surface area (Å²) in [5.74, 6) is -0.100. The van der Waals surface area contributed by atoms with Gasteiger partial charge in [0.1, 0.15) is 11.3 Å². The summed E-state index contributed by atoms with van der Waals surface area (Å²) in [7, 11) is 1.67. The average molecular weight is 460 g/mol. The molecule has 3 aromatic rings. The molecule has 170 valence electrons. The molecule has 4 rings (SSSR count). The van der Waals surface area contributed by atoms with Gasteiger partial charge in [-0.2, -0.15) is 10.1 Å². The van der Waals surface area contributed by atoms with Crippen LogP contribution in [0.2, 0.25) is 5.28 Å². The minimum atomic E-state index is -0.236. The number of amides is 1. The van der Waals surface area contributed by atoms with Crippen LogP contribution in [0.15, 0.2) is 53.6 Å². The fraction of sp³-hybridized carbons (Fsp3) is 0.364. The summed E-state index contributed by atoms with van der Waals surface area (Å²) in [6.07, 6.45) is 7.14. The molecular formula is C22H27ClFN7O. The first-order chi connectivity index (χ1) is 15.3. The van der Waals surface area contributed by atoms with Crippen LogP contribution in [0.5, 0.6) is 0 Å². The van der Waals surface area contributed by atoms with Crippen molar-refractivity contribution in [3.8, 4) is 0 Å². The zero-order valence-electron chi connectivity index (χ0n) is 18.6. The lowest BCUT2D eigenvalue weighted by Crippen LogP contribution is -2.39. The summed E-state index contributed by atoms with van der Waals surface area (Å²) in [4.78, 5) is 18.2. The second kappa shape index (κ2) is 10.4. The van der Waals surface area contributed by atoms with Crippen LogP contribution in [0.3, 0.4) is 0 Å². The zero-order valence-corrected chi connectivity index (χ0v) is 19.4. The van der Waals surface area contributed by atoms with E-state index in [-0.39, 0.29) is 22.8 Å². The number of nitrogens with one attached hydrogen (secondary N) is 1. The second-order valence-corrected chi connectivity index (χ2v) is 7.91. The Morgan fingerprint density at radius 2 is 2.16 bits per heavy atom. The highest BCUT2D eigenvalue weighted by molar-refractivity contribution is 6.28. The number of carbonyl (C=O) groups is 1. The highest BCUT2D eigenvalue weighted by atomic mass is 35.5. The van der Waals surface area contributed by atoms with Crippen LogP contribution < -0.4 is 5.32 Å². The van der Waals surface area contributed by atoms with Gasteiger partial charge in [0.05, 0.1) is 6.20 Å².